The first-order chi connectivity index (χ1) is 8.93. The van der Waals surface area contributed by atoms with Crippen molar-refractivity contribution in [1.82, 2.24) is 0 Å². The Balaban J connectivity index is 1.82. The number of hydrogen-bond acceptors (Lipinski definition) is 3. The predicted molar refractivity (Wildman–Crippen MR) is 72.7 cm³/mol. The van der Waals surface area contributed by atoms with E-state index >= 15 is 0 Å². The summed E-state index contributed by atoms with van der Waals surface area (Å²) in [6.07, 6.45) is 4.08. The third-order valence-electron chi connectivity index (χ3n) is 2.67. The Hall–Kier alpha value is -0.900. The standard InChI is InChI=1S/C15H24O3/c16-10-6-12-18-14-13-17-11-5-4-9-15-7-2-1-3-8-15/h1-3,7-8,16H,4-6,9-14H2. The zero-order valence-electron chi connectivity index (χ0n) is 11.0. The highest BCUT2D eigenvalue weighted by Crippen LogP contribution is 2.04. The summed E-state index contributed by atoms with van der Waals surface area (Å²) in [5.41, 5.74) is 1.39. The molecular formula is C15H24O3. The van der Waals surface area contributed by atoms with Gasteiger partial charge >= 0.3 is 0 Å². The highest BCUT2D eigenvalue weighted by atomic mass is 16.5. The minimum absolute atomic E-state index is 0.195. The van der Waals surface area contributed by atoms with E-state index in [4.69, 9.17) is 14.6 Å². The Morgan fingerprint density at radius 3 is 2.11 bits per heavy atom. The molecule has 0 atom stereocenters. The minimum Gasteiger partial charge on any atom is -0.396 e. The van der Waals surface area contributed by atoms with Crippen LogP contribution in [0.1, 0.15) is 24.8 Å². The molecule has 0 saturated heterocycles. The van der Waals surface area contributed by atoms with Crippen LogP contribution in [0.3, 0.4) is 0 Å². The van der Waals surface area contributed by atoms with Crippen molar-refractivity contribution >= 4 is 0 Å². The number of aryl methyl sites for hydroxylation is 1. The van der Waals surface area contributed by atoms with Crippen LogP contribution >= 0.6 is 0 Å². The van der Waals surface area contributed by atoms with Crippen molar-refractivity contribution in [2.45, 2.75) is 25.7 Å². The fourth-order valence-corrected chi connectivity index (χ4v) is 1.67. The van der Waals surface area contributed by atoms with E-state index in [2.05, 4.69) is 24.3 Å². The number of ether oxygens (including phenoxy) is 2. The van der Waals surface area contributed by atoms with Gasteiger partial charge < -0.3 is 14.6 Å². The minimum atomic E-state index is 0.195. The molecule has 3 nitrogen and oxygen atoms in total. The zero-order valence-corrected chi connectivity index (χ0v) is 11.0. The lowest BCUT2D eigenvalue weighted by atomic mass is 10.1. The summed E-state index contributed by atoms with van der Waals surface area (Å²) in [5.74, 6) is 0. The molecule has 3 heteroatoms. The fourth-order valence-electron chi connectivity index (χ4n) is 1.67. The van der Waals surface area contributed by atoms with Crippen LogP contribution in [-0.2, 0) is 15.9 Å². The van der Waals surface area contributed by atoms with E-state index in [-0.39, 0.29) is 6.61 Å². The second-order valence-electron chi connectivity index (χ2n) is 4.24. The van der Waals surface area contributed by atoms with E-state index in [1.807, 2.05) is 6.07 Å². The fraction of sp³-hybridized carbons (Fsp3) is 0.600. The summed E-state index contributed by atoms with van der Waals surface area (Å²) >= 11 is 0. The van der Waals surface area contributed by atoms with Crippen LogP contribution in [0.25, 0.3) is 0 Å². The largest absolute Gasteiger partial charge is 0.396 e. The Labute approximate surface area is 110 Å². The number of hydrogen-bond donors (Lipinski definition) is 1. The Kier molecular flexibility index (Phi) is 9.44. The Bertz CT molecular complexity index is 274. The number of aliphatic hydroxyl groups excluding tert-OH is 1. The molecule has 0 heterocycles. The second kappa shape index (κ2) is 11.2. The summed E-state index contributed by atoms with van der Waals surface area (Å²) in [7, 11) is 0. The topological polar surface area (TPSA) is 38.7 Å². The summed E-state index contributed by atoms with van der Waals surface area (Å²) in [6.45, 7) is 2.89. The first-order valence-corrected chi connectivity index (χ1v) is 6.74. The highest BCUT2D eigenvalue weighted by Gasteiger charge is 1.93. The molecule has 0 bridgehead atoms. The van der Waals surface area contributed by atoms with Gasteiger partial charge in [-0.05, 0) is 31.2 Å². The van der Waals surface area contributed by atoms with E-state index < -0.39 is 0 Å². The molecule has 1 aromatic carbocycles. The van der Waals surface area contributed by atoms with Crippen molar-refractivity contribution in [3.8, 4) is 0 Å². The van der Waals surface area contributed by atoms with Gasteiger partial charge in [0.1, 0.15) is 0 Å². The number of unbranched alkanes of at least 4 members (excludes halogenated alkanes) is 1. The molecule has 1 N–H and O–H groups in total. The van der Waals surface area contributed by atoms with E-state index in [1.165, 1.54) is 5.56 Å². The smallest absolute Gasteiger partial charge is 0.0700 e. The van der Waals surface area contributed by atoms with Crippen LogP contribution in [0.5, 0.6) is 0 Å². The summed E-state index contributed by atoms with van der Waals surface area (Å²) in [5, 5.41) is 8.55. The molecule has 0 aliphatic rings. The Morgan fingerprint density at radius 2 is 1.44 bits per heavy atom. The first-order valence-electron chi connectivity index (χ1n) is 6.74. The van der Waals surface area contributed by atoms with Crippen LogP contribution in [0, 0.1) is 0 Å². The molecule has 0 aromatic heterocycles. The molecule has 1 rings (SSSR count). The maximum atomic E-state index is 8.55. The highest BCUT2D eigenvalue weighted by molar-refractivity contribution is 5.14. The van der Waals surface area contributed by atoms with Gasteiger partial charge in [-0.3, -0.25) is 0 Å². The Morgan fingerprint density at radius 1 is 0.778 bits per heavy atom. The lowest BCUT2D eigenvalue weighted by Gasteiger charge is -2.05. The van der Waals surface area contributed by atoms with Crippen molar-refractivity contribution in [1.29, 1.82) is 0 Å². The maximum Gasteiger partial charge on any atom is 0.0700 e. The summed E-state index contributed by atoms with van der Waals surface area (Å²) < 4.78 is 10.7. The molecule has 0 fully saturated rings. The molecular weight excluding hydrogens is 228 g/mol. The molecule has 0 unspecified atom stereocenters. The predicted octanol–water partition coefficient (Wildman–Crippen LogP) is 2.42. The molecule has 0 aliphatic carbocycles. The summed E-state index contributed by atoms with van der Waals surface area (Å²) in [4.78, 5) is 0. The van der Waals surface area contributed by atoms with Crippen molar-refractivity contribution in [3.05, 3.63) is 35.9 Å². The normalized spacial score (nSPS) is 10.7. The van der Waals surface area contributed by atoms with Crippen LogP contribution in [0.15, 0.2) is 30.3 Å². The molecule has 18 heavy (non-hydrogen) atoms. The van der Waals surface area contributed by atoms with Crippen molar-refractivity contribution in [3.63, 3.8) is 0 Å². The van der Waals surface area contributed by atoms with E-state index in [9.17, 15) is 0 Å². The molecule has 1 aromatic rings. The van der Waals surface area contributed by atoms with Crippen LogP contribution in [0.4, 0.5) is 0 Å². The van der Waals surface area contributed by atoms with Gasteiger partial charge in [-0.25, -0.2) is 0 Å². The van der Waals surface area contributed by atoms with Gasteiger partial charge in [0.05, 0.1) is 13.2 Å². The van der Waals surface area contributed by atoms with Crippen molar-refractivity contribution in [2.24, 2.45) is 0 Å². The zero-order chi connectivity index (χ0) is 12.9. The molecule has 0 saturated carbocycles. The van der Waals surface area contributed by atoms with Gasteiger partial charge in [0.25, 0.3) is 0 Å². The monoisotopic (exact) mass is 252 g/mol. The lowest BCUT2D eigenvalue weighted by molar-refractivity contribution is 0.0414. The third-order valence-corrected chi connectivity index (χ3v) is 2.67. The van der Waals surface area contributed by atoms with E-state index in [1.54, 1.807) is 0 Å². The van der Waals surface area contributed by atoms with Crippen LogP contribution in [0.2, 0.25) is 0 Å². The average molecular weight is 252 g/mol. The average Bonchev–Trinajstić information content (AvgIpc) is 2.42. The van der Waals surface area contributed by atoms with Gasteiger partial charge in [-0.15, -0.1) is 0 Å². The maximum absolute atomic E-state index is 8.55. The van der Waals surface area contributed by atoms with Gasteiger partial charge in [0, 0.05) is 19.8 Å². The number of rotatable bonds is 11. The lowest BCUT2D eigenvalue weighted by Crippen LogP contribution is -2.07. The number of aliphatic hydroxyl groups is 1. The summed E-state index contributed by atoms with van der Waals surface area (Å²) in [6, 6.07) is 10.5. The van der Waals surface area contributed by atoms with Crippen molar-refractivity contribution < 1.29 is 14.6 Å². The van der Waals surface area contributed by atoms with Crippen LogP contribution in [-0.4, -0.2) is 38.1 Å². The van der Waals surface area contributed by atoms with E-state index in [0.29, 0.717) is 26.2 Å². The van der Waals surface area contributed by atoms with Crippen molar-refractivity contribution in [2.75, 3.05) is 33.0 Å². The van der Waals surface area contributed by atoms with E-state index in [0.717, 1.165) is 25.9 Å². The molecule has 102 valence electrons. The van der Waals surface area contributed by atoms with Gasteiger partial charge in [-0.1, -0.05) is 30.3 Å². The number of benzene rings is 1. The van der Waals surface area contributed by atoms with Gasteiger partial charge in [0.2, 0.25) is 0 Å². The van der Waals surface area contributed by atoms with Gasteiger partial charge in [-0.2, -0.15) is 0 Å². The van der Waals surface area contributed by atoms with Crippen LogP contribution < -0.4 is 0 Å². The first kappa shape index (κ1) is 15.2. The SMILES string of the molecule is OCCCOCCOCCCCc1ccccc1. The quantitative estimate of drug-likeness (QED) is 0.615. The molecule has 0 amide bonds. The van der Waals surface area contributed by atoms with Gasteiger partial charge in [0.15, 0.2) is 0 Å². The molecule has 0 radical (unpaired) electrons. The molecule has 0 aliphatic heterocycles. The molecule has 0 spiro atoms. The third kappa shape index (κ3) is 8.23. The second-order valence-corrected chi connectivity index (χ2v) is 4.24.